The van der Waals surface area contributed by atoms with Crippen molar-refractivity contribution >= 4 is 17.7 Å². The van der Waals surface area contributed by atoms with Gasteiger partial charge in [-0.15, -0.1) is 0 Å². The Hall–Kier alpha value is -3.15. The Kier molecular flexibility index (Phi) is 7.32. The number of rotatable bonds is 8. The van der Waals surface area contributed by atoms with Crippen LogP contribution in [-0.2, 0) is 27.2 Å². The molecule has 2 rings (SSSR count). The quantitative estimate of drug-likeness (QED) is 0.754. The van der Waals surface area contributed by atoms with Crippen LogP contribution in [0.25, 0.3) is 0 Å². The molecule has 0 aliphatic heterocycles. The van der Waals surface area contributed by atoms with Crippen molar-refractivity contribution in [2.24, 2.45) is 5.73 Å². The minimum atomic E-state index is -0.798. The summed E-state index contributed by atoms with van der Waals surface area (Å²) >= 11 is 0. The first-order valence-electron chi connectivity index (χ1n) is 9.18. The molecule has 0 heterocycles. The number of hydrogen-bond acceptors (Lipinski definition) is 3. The van der Waals surface area contributed by atoms with Gasteiger partial charge in [-0.2, -0.15) is 0 Å². The van der Waals surface area contributed by atoms with Gasteiger partial charge in [0, 0.05) is 33.9 Å². The third-order valence-corrected chi connectivity index (χ3v) is 4.94. The van der Waals surface area contributed by atoms with Gasteiger partial charge in [-0.25, -0.2) is 0 Å². The fourth-order valence-electron chi connectivity index (χ4n) is 3.10. The van der Waals surface area contributed by atoms with Crippen molar-refractivity contribution in [1.29, 1.82) is 0 Å². The molecule has 2 N–H and O–H groups in total. The topological polar surface area (TPSA) is 83.7 Å². The van der Waals surface area contributed by atoms with Gasteiger partial charge in [0.05, 0.1) is 0 Å². The molecule has 0 aliphatic rings. The van der Waals surface area contributed by atoms with Crippen LogP contribution in [-0.4, -0.2) is 53.7 Å². The molecular weight excluding hydrogens is 354 g/mol. The molecule has 0 fully saturated rings. The van der Waals surface area contributed by atoms with Crippen molar-refractivity contribution in [3.63, 3.8) is 0 Å². The highest BCUT2D eigenvalue weighted by Crippen LogP contribution is 2.15. The van der Waals surface area contributed by atoms with E-state index in [-0.39, 0.29) is 11.8 Å². The number of nitrogens with zero attached hydrogens (tertiary/aromatic N) is 2. The van der Waals surface area contributed by atoms with Crippen LogP contribution in [0, 0.1) is 0 Å². The lowest BCUT2D eigenvalue weighted by Crippen LogP contribution is -2.55. The second-order valence-corrected chi connectivity index (χ2v) is 6.89. The third kappa shape index (κ3) is 5.42. The van der Waals surface area contributed by atoms with Gasteiger partial charge < -0.3 is 15.5 Å². The lowest BCUT2D eigenvalue weighted by molar-refractivity contribution is -0.146. The van der Waals surface area contributed by atoms with Gasteiger partial charge in [0.2, 0.25) is 17.7 Å². The molecule has 148 valence electrons. The molecular formula is C22H27N3O3. The molecule has 2 aromatic carbocycles. The van der Waals surface area contributed by atoms with Crippen molar-refractivity contribution in [3.8, 4) is 0 Å². The Morgan fingerprint density at radius 1 is 0.786 bits per heavy atom. The summed E-state index contributed by atoms with van der Waals surface area (Å²) in [6.45, 7) is 1.42. The number of carbonyl (C=O) groups excluding carboxylic acids is 3. The molecule has 0 spiro atoms. The molecule has 0 saturated carbocycles. The molecule has 0 unspecified atom stereocenters. The molecule has 0 bridgehead atoms. The van der Waals surface area contributed by atoms with Crippen molar-refractivity contribution in [2.45, 2.75) is 31.8 Å². The Balaban J connectivity index is 2.26. The Labute approximate surface area is 165 Å². The van der Waals surface area contributed by atoms with E-state index in [4.69, 9.17) is 5.73 Å². The van der Waals surface area contributed by atoms with E-state index in [1.54, 1.807) is 14.1 Å². The lowest BCUT2D eigenvalue weighted by atomic mass is 10.0. The highest BCUT2D eigenvalue weighted by Gasteiger charge is 2.33. The maximum Gasteiger partial charge on any atom is 0.246 e. The van der Waals surface area contributed by atoms with E-state index in [0.29, 0.717) is 12.8 Å². The standard InChI is InChI=1S/C22H27N3O3/c1-16(26)24(2)20(15-18-12-8-5-9-13-18)22(28)25(3)19(21(23)27)14-17-10-6-4-7-11-17/h4-13,19-20H,14-15H2,1-3H3,(H2,23,27)/t19-,20-/m0/s1. The van der Waals surface area contributed by atoms with Crippen LogP contribution in [0.3, 0.4) is 0 Å². The number of nitrogens with two attached hydrogens (primary N) is 1. The summed E-state index contributed by atoms with van der Waals surface area (Å²) in [4.78, 5) is 40.1. The van der Waals surface area contributed by atoms with Crippen LogP contribution >= 0.6 is 0 Å². The summed E-state index contributed by atoms with van der Waals surface area (Å²) in [5.41, 5.74) is 7.44. The van der Waals surface area contributed by atoms with Gasteiger partial charge in [-0.1, -0.05) is 60.7 Å². The molecule has 6 nitrogen and oxygen atoms in total. The van der Waals surface area contributed by atoms with Gasteiger partial charge in [-0.05, 0) is 11.1 Å². The van der Waals surface area contributed by atoms with Gasteiger partial charge in [-0.3, -0.25) is 14.4 Å². The van der Waals surface area contributed by atoms with Crippen LogP contribution in [0.15, 0.2) is 60.7 Å². The molecule has 0 aromatic heterocycles. The highest BCUT2D eigenvalue weighted by atomic mass is 16.2. The number of benzene rings is 2. The first kappa shape index (κ1) is 21.2. The van der Waals surface area contributed by atoms with Crippen LogP contribution in [0.1, 0.15) is 18.1 Å². The maximum atomic E-state index is 13.3. The van der Waals surface area contributed by atoms with E-state index in [9.17, 15) is 14.4 Å². The number of amides is 3. The average molecular weight is 381 g/mol. The lowest BCUT2D eigenvalue weighted by Gasteiger charge is -2.33. The first-order chi connectivity index (χ1) is 13.3. The maximum absolute atomic E-state index is 13.3. The van der Waals surface area contributed by atoms with Gasteiger partial charge >= 0.3 is 0 Å². The second kappa shape index (κ2) is 9.69. The molecule has 28 heavy (non-hydrogen) atoms. The summed E-state index contributed by atoms with van der Waals surface area (Å²) in [5.74, 6) is -1.12. The van der Waals surface area contributed by atoms with Crippen LogP contribution in [0.4, 0.5) is 0 Å². The fraction of sp³-hybridized carbons (Fsp3) is 0.318. The van der Waals surface area contributed by atoms with E-state index in [2.05, 4.69) is 0 Å². The van der Waals surface area contributed by atoms with Crippen molar-refractivity contribution in [2.75, 3.05) is 14.1 Å². The molecule has 0 radical (unpaired) electrons. The average Bonchev–Trinajstić information content (AvgIpc) is 2.70. The smallest absolute Gasteiger partial charge is 0.246 e. The Morgan fingerprint density at radius 3 is 1.61 bits per heavy atom. The molecule has 3 amide bonds. The van der Waals surface area contributed by atoms with E-state index >= 15 is 0 Å². The van der Waals surface area contributed by atoms with E-state index in [1.165, 1.54) is 16.7 Å². The molecule has 0 aliphatic carbocycles. The summed E-state index contributed by atoms with van der Waals surface area (Å²) in [6, 6.07) is 17.4. The molecule has 2 aromatic rings. The largest absolute Gasteiger partial charge is 0.368 e. The van der Waals surface area contributed by atoms with Gasteiger partial charge in [0.25, 0.3) is 0 Å². The van der Waals surface area contributed by atoms with Gasteiger partial charge in [0.15, 0.2) is 0 Å². The predicted octanol–water partition coefficient (Wildman–Crippen LogP) is 1.63. The van der Waals surface area contributed by atoms with Crippen LogP contribution < -0.4 is 5.73 Å². The monoisotopic (exact) mass is 381 g/mol. The first-order valence-corrected chi connectivity index (χ1v) is 9.18. The normalized spacial score (nSPS) is 12.7. The summed E-state index contributed by atoms with van der Waals surface area (Å²) < 4.78 is 0. The minimum absolute atomic E-state index is 0.221. The number of primary amides is 1. The molecule has 2 atom stereocenters. The van der Waals surface area contributed by atoms with Crippen molar-refractivity contribution in [3.05, 3.63) is 71.8 Å². The third-order valence-electron chi connectivity index (χ3n) is 4.94. The highest BCUT2D eigenvalue weighted by molar-refractivity contribution is 5.91. The zero-order chi connectivity index (χ0) is 20.7. The summed E-state index contributed by atoms with van der Waals surface area (Å²) in [6.07, 6.45) is 0.678. The zero-order valence-electron chi connectivity index (χ0n) is 16.5. The fourth-order valence-corrected chi connectivity index (χ4v) is 3.10. The Bertz CT molecular complexity index is 808. The summed E-state index contributed by atoms with van der Waals surface area (Å²) in [5, 5.41) is 0. The van der Waals surface area contributed by atoms with E-state index in [0.717, 1.165) is 11.1 Å². The number of likely N-dealkylation sites (N-methyl/N-ethyl adjacent to an activating group) is 2. The van der Waals surface area contributed by atoms with Crippen molar-refractivity contribution < 1.29 is 14.4 Å². The van der Waals surface area contributed by atoms with E-state index < -0.39 is 18.0 Å². The van der Waals surface area contributed by atoms with Crippen LogP contribution in [0.2, 0.25) is 0 Å². The molecule has 0 saturated heterocycles. The summed E-state index contributed by atoms with van der Waals surface area (Å²) in [7, 11) is 3.16. The Morgan fingerprint density at radius 2 is 1.21 bits per heavy atom. The number of hydrogen-bond donors (Lipinski definition) is 1. The predicted molar refractivity (Wildman–Crippen MR) is 108 cm³/mol. The SMILES string of the molecule is CC(=O)N(C)[C@@H](Cc1ccccc1)C(=O)N(C)[C@@H](Cc1ccccc1)C(N)=O. The van der Waals surface area contributed by atoms with Crippen LogP contribution in [0.5, 0.6) is 0 Å². The zero-order valence-corrected chi connectivity index (χ0v) is 16.5. The number of carbonyl (C=O) groups is 3. The van der Waals surface area contributed by atoms with Crippen molar-refractivity contribution in [1.82, 2.24) is 9.80 Å². The van der Waals surface area contributed by atoms with Gasteiger partial charge in [0.1, 0.15) is 12.1 Å². The molecule has 6 heteroatoms. The minimum Gasteiger partial charge on any atom is -0.368 e. The van der Waals surface area contributed by atoms with E-state index in [1.807, 2.05) is 60.7 Å². The second-order valence-electron chi connectivity index (χ2n) is 6.89.